The summed E-state index contributed by atoms with van der Waals surface area (Å²) in [6, 6.07) is 13.7. The van der Waals surface area contributed by atoms with Gasteiger partial charge in [-0.1, -0.05) is 18.2 Å². The van der Waals surface area contributed by atoms with E-state index >= 15 is 0 Å². The van der Waals surface area contributed by atoms with Crippen LogP contribution in [0.4, 0.5) is 15.8 Å². The Morgan fingerprint density at radius 3 is 2.57 bits per heavy atom. The lowest BCUT2D eigenvalue weighted by molar-refractivity contribution is -0.114. The molecule has 2 rings (SSSR count). The Morgan fingerprint density at radius 2 is 1.90 bits per heavy atom. The van der Waals surface area contributed by atoms with Crippen molar-refractivity contribution in [3.05, 3.63) is 54.3 Å². The number of ether oxygens (including phenoxy) is 1. The Morgan fingerprint density at radius 1 is 1.14 bits per heavy atom. The first-order chi connectivity index (χ1) is 10.2. The zero-order valence-electron chi connectivity index (χ0n) is 11.7. The highest BCUT2D eigenvalue weighted by atomic mass is 19.1. The normalized spacial score (nSPS) is 10.0. The maximum atomic E-state index is 13.6. The van der Waals surface area contributed by atoms with Crippen LogP contribution in [0.3, 0.4) is 0 Å². The van der Waals surface area contributed by atoms with E-state index in [1.807, 2.05) is 18.2 Å². The van der Waals surface area contributed by atoms with Crippen LogP contribution in [0.1, 0.15) is 6.92 Å². The van der Waals surface area contributed by atoms with Crippen molar-refractivity contribution >= 4 is 17.3 Å². The molecule has 0 heterocycles. The molecule has 0 saturated carbocycles. The van der Waals surface area contributed by atoms with Crippen molar-refractivity contribution in [1.29, 1.82) is 0 Å². The van der Waals surface area contributed by atoms with E-state index in [9.17, 15) is 9.18 Å². The fraction of sp³-hybridized carbons (Fsp3) is 0.188. The molecule has 0 spiro atoms. The standard InChI is InChI=1S/C16H17FN2O2/c1-2-21-15-9-8-13(10-14(15)17)18-11-16(20)19-12-6-4-3-5-7-12/h3-10,18H,2,11H2,1H3,(H,19,20). The van der Waals surface area contributed by atoms with E-state index in [1.165, 1.54) is 12.1 Å². The molecule has 0 aliphatic rings. The molecule has 0 unspecified atom stereocenters. The SMILES string of the molecule is CCOc1ccc(NCC(=O)Nc2ccccc2)cc1F. The van der Waals surface area contributed by atoms with Crippen LogP contribution in [0, 0.1) is 5.82 Å². The molecule has 0 aliphatic heterocycles. The molecule has 2 aromatic carbocycles. The molecule has 5 heteroatoms. The van der Waals surface area contributed by atoms with Gasteiger partial charge in [0.25, 0.3) is 0 Å². The van der Waals surface area contributed by atoms with Crippen molar-refractivity contribution in [1.82, 2.24) is 0 Å². The van der Waals surface area contributed by atoms with E-state index in [0.29, 0.717) is 12.3 Å². The maximum Gasteiger partial charge on any atom is 0.243 e. The van der Waals surface area contributed by atoms with E-state index in [-0.39, 0.29) is 18.2 Å². The lowest BCUT2D eigenvalue weighted by Gasteiger charge is -2.09. The van der Waals surface area contributed by atoms with Crippen LogP contribution >= 0.6 is 0 Å². The van der Waals surface area contributed by atoms with Crippen molar-refractivity contribution in [3.8, 4) is 5.75 Å². The number of hydrogen-bond donors (Lipinski definition) is 2. The molecule has 0 radical (unpaired) electrons. The summed E-state index contributed by atoms with van der Waals surface area (Å²) < 4.78 is 18.8. The lowest BCUT2D eigenvalue weighted by atomic mass is 10.3. The molecule has 0 saturated heterocycles. The van der Waals surface area contributed by atoms with Gasteiger partial charge in [-0.15, -0.1) is 0 Å². The number of anilines is 2. The van der Waals surface area contributed by atoms with Crippen LogP contribution in [0.5, 0.6) is 5.75 Å². The molecule has 110 valence electrons. The van der Waals surface area contributed by atoms with Gasteiger partial charge in [0.2, 0.25) is 5.91 Å². The van der Waals surface area contributed by atoms with Crippen molar-refractivity contribution < 1.29 is 13.9 Å². The Balaban J connectivity index is 1.88. The Kier molecular flexibility index (Phi) is 5.15. The minimum atomic E-state index is -0.453. The number of para-hydroxylation sites is 1. The van der Waals surface area contributed by atoms with Gasteiger partial charge in [-0.3, -0.25) is 4.79 Å². The van der Waals surface area contributed by atoms with Crippen LogP contribution in [-0.2, 0) is 4.79 Å². The number of nitrogens with one attached hydrogen (secondary N) is 2. The fourth-order valence-corrected chi connectivity index (χ4v) is 1.79. The van der Waals surface area contributed by atoms with Gasteiger partial charge in [0.1, 0.15) is 0 Å². The third kappa shape index (κ3) is 4.49. The Bertz CT molecular complexity index is 602. The number of hydrogen-bond acceptors (Lipinski definition) is 3. The first-order valence-corrected chi connectivity index (χ1v) is 6.70. The number of carbonyl (C=O) groups excluding carboxylic acids is 1. The van der Waals surface area contributed by atoms with Gasteiger partial charge in [0, 0.05) is 17.4 Å². The molecular formula is C16H17FN2O2. The van der Waals surface area contributed by atoms with E-state index in [0.717, 1.165) is 5.69 Å². The van der Waals surface area contributed by atoms with Gasteiger partial charge in [-0.25, -0.2) is 4.39 Å². The van der Waals surface area contributed by atoms with Crippen molar-refractivity contribution in [3.63, 3.8) is 0 Å². The zero-order valence-corrected chi connectivity index (χ0v) is 11.7. The molecule has 0 aromatic heterocycles. The quantitative estimate of drug-likeness (QED) is 0.857. The van der Waals surface area contributed by atoms with Crippen LogP contribution in [-0.4, -0.2) is 19.1 Å². The average molecular weight is 288 g/mol. The molecule has 2 N–H and O–H groups in total. The predicted molar refractivity (Wildman–Crippen MR) is 81.1 cm³/mol. The van der Waals surface area contributed by atoms with Crippen LogP contribution in [0.2, 0.25) is 0 Å². The number of benzene rings is 2. The highest BCUT2D eigenvalue weighted by molar-refractivity contribution is 5.93. The molecule has 2 aromatic rings. The van der Waals surface area contributed by atoms with Gasteiger partial charge in [0.05, 0.1) is 13.2 Å². The van der Waals surface area contributed by atoms with Gasteiger partial charge >= 0.3 is 0 Å². The highest BCUT2D eigenvalue weighted by Crippen LogP contribution is 2.20. The van der Waals surface area contributed by atoms with E-state index in [4.69, 9.17) is 4.74 Å². The monoisotopic (exact) mass is 288 g/mol. The van der Waals surface area contributed by atoms with E-state index in [1.54, 1.807) is 25.1 Å². The molecule has 4 nitrogen and oxygen atoms in total. The summed E-state index contributed by atoms with van der Waals surface area (Å²) in [5.41, 5.74) is 1.25. The van der Waals surface area contributed by atoms with Crippen LogP contribution in [0.25, 0.3) is 0 Å². The minimum Gasteiger partial charge on any atom is -0.491 e. The van der Waals surface area contributed by atoms with Crippen LogP contribution in [0.15, 0.2) is 48.5 Å². The van der Waals surface area contributed by atoms with Gasteiger partial charge in [-0.05, 0) is 31.2 Å². The molecular weight excluding hydrogens is 271 g/mol. The highest BCUT2D eigenvalue weighted by Gasteiger charge is 2.06. The number of rotatable bonds is 6. The largest absolute Gasteiger partial charge is 0.491 e. The number of halogens is 1. The van der Waals surface area contributed by atoms with E-state index < -0.39 is 5.82 Å². The molecule has 0 aliphatic carbocycles. The van der Waals surface area contributed by atoms with Crippen molar-refractivity contribution in [2.24, 2.45) is 0 Å². The molecule has 0 fully saturated rings. The Hall–Kier alpha value is -2.56. The summed E-state index contributed by atoms with van der Waals surface area (Å²) in [7, 11) is 0. The predicted octanol–water partition coefficient (Wildman–Crippen LogP) is 3.28. The zero-order chi connectivity index (χ0) is 15.1. The second-order valence-electron chi connectivity index (χ2n) is 4.35. The minimum absolute atomic E-state index is 0.0579. The second-order valence-corrected chi connectivity index (χ2v) is 4.35. The maximum absolute atomic E-state index is 13.6. The third-order valence-electron chi connectivity index (χ3n) is 2.74. The second kappa shape index (κ2) is 7.28. The summed E-state index contributed by atoms with van der Waals surface area (Å²) in [4.78, 5) is 11.7. The van der Waals surface area contributed by atoms with Gasteiger partial charge in [-0.2, -0.15) is 0 Å². The van der Waals surface area contributed by atoms with Gasteiger partial charge < -0.3 is 15.4 Å². The summed E-state index contributed by atoms with van der Waals surface area (Å²) in [6.45, 7) is 2.25. The third-order valence-corrected chi connectivity index (χ3v) is 2.74. The first kappa shape index (κ1) is 14.8. The van der Waals surface area contributed by atoms with Crippen molar-refractivity contribution in [2.75, 3.05) is 23.8 Å². The lowest BCUT2D eigenvalue weighted by Crippen LogP contribution is -2.21. The average Bonchev–Trinajstić information content (AvgIpc) is 2.49. The molecule has 0 bridgehead atoms. The molecule has 21 heavy (non-hydrogen) atoms. The van der Waals surface area contributed by atoms with Gasteiger partial charge in [0.15, 0.2) is 11.6 Å². The topological polar surface area (TPSA) is 50.4 Å². The summed E-state index contributed by atoms with van der Waals surface area (Å²) in [5, 5.41) is 5.61. The summed E-state index contributed by atoms with van der Waals surface area (Å²) in [6.07, 6.45) is 0. The molecule has 1 amide bonds. The number of amides is 1. The number of carbonyl (C=O) groups is 1. The van der Waals surface area contributed by atoms with Crippen molar-refractivity contribution in [2.45, 2.75) is 6.92 Å². The summed E-state index contributed by atoms with van der Waals surface area (Å²) in [5.74, 6) is -0.447. The van der Waals surface area contributed by atoms with E-state index in [2.05, 4.69) is 10.6 Å². The van der Waals surface area contributed by atoms with Crippen LogP contribution < -0.4 is 15.4 Å². The molecule has 0 atom stereocenters. The summed E-state index contributed by atoms with van der Waals surface area (Å²) >= 11 is 0. The first-order valence-electron chi connectivity index (χ1n) is 6.70. The smallest absolute Gasteiger partial charge is 0.243 e. The fourth-order valence-electron chi connectivity index (χ4n) is 1.79. The Labute approximate surface area is 122 Å².